The van der Waals surface area contributed by atoms with Gasteiger partial charge in [-0.25, -0.2) is 22.8 Å². The molecule has 160 valence electrons. The molecule has 3 rings (SSSR count). The highest BCUT2D eigenvalue weighted by atomic mass is 127. The molecule has 1 N–H and O–H groups in total. The van der Waals surface area contributed by atoms with Crippen LogP contribution in [0.25, 0.3) is 5.69 Å². The van der Waals surface area contributed by atoms with Crippen LogP contribution in [0.3, 0.4) is 0 Å². The molecule has 0 saturated carbocycles. The minimum absolute atomic E-state index is 0. The minimum Gasteiger partial charge on any atom is -0.357 e. The number of nitrogens with one attached hydrogen (secondary N) is 1. The van der Waals surface area contributed by atoms with Crippen molar-refractivity contribution in [2.24, 2.45) is 4.99 Å². The maximum absolute atomic E-state index is 14.4. The van der Waals surface area contributed by atoms with Gasteiger partial charge in [0.2, 0.25) is 0 Å². The first-order valence-electron chi connectivity index (χ1n) is 9.26. The molecule has 7 nitrogen and oxygen atoms in total. The molecule has 0 atom stereocenters. The van der Waals surface area contributed by atoms with Gasteiger partial charge in [-0.15, -0.1) is 24.0 Å². The number of rotatable bonds is 4. The lowest BCUT2D eigenvalue weighted by atomic mass is 10.2. The van der Waals surface area contributed by atoms with Crippen LogP contribution in [0.5, 0.6) is 0 Å². The van der Waals surface area contributed by atoms with Crippen LogP contribution in [0.15, 0.2) is 41.9 Å². The van der Waals surface area contributed by atoms with E-state index in [0.717, 1.165) is 5.56 Å². The molecule has 0 bridgehead atoms. The molecule has 0 amide bonds. The molecule has 1 aromatic carbocycles. The standard InChI is InChI=1S/C19H26FN5O2S.HI/c1-4-22-18(24-9-10-28(26,27)19(2,3)13-24)23-12-15-5-6-17(16(20)11-15)25-8-7-21-14-25;/h5-8,11,14H,4,9-10,12-13H2,1-3H3,(H,22,23);1H. The van der Waals surface area contributed by atoms with Crippen LogP contribution in [0.1, 0.15) is 26.3 Å². The summed E-state index contributed by atoms with van der Waals surface area (Å²) in [6.07, 6.45) is 4.83. The van der Waals surface area contributed by atoms with E-state index in [2.05, 4.69) is 15.3 Å². The number of sulfone groups is 1. The second-order valence-electron chi connectivity index (χ2n) is 7.43. The molecule has 1 aromatic heterocycles. The van der Waals surface area contributed by atoms with E-state index in [-0.39, 0.29) is 35.5 Å². The summed E-state index contributed by atoms with van der Waals surface area (Å²) in [5.74, 6) is 0.393. The first-order chi connectivity index (χ1) is 13.2. The molecule has 0 spiro atoms. The van der Waals surface area contributed by atoms with Gasteiger partial charge in [-0.1, -0.05) is 6.07 Å². The van der Waals surface area contributed by atoms with Crippen LogP contribution in [0, 0.1) is 5.82 Å². The van der Waals surface area contributed by atoms with E-state index in [0.29, 0.717) is 37.8 Å². The highest BCUT2D eigenvalue weighted by Crippen LogP contribution is 2.24. The number of halogens is 2. The Morgan fingerprint density at radius 1 is 1.38 bits per heavy atom. The molecular formula is C19H27FIN5O2S. The molecule has 1 aliphatic heterocycles. The molecule has 10 heteroatoms. The normalized spacial score (nSPS) is 18.2. The van der Waals surface area contributed by atoms with E-state index in [4.69, 9.17) is 0 Å². The van der Waals surface area contributed by atoms with Gasteiger partial charge >= 0.3 is 0 Å². The Morgan fingerprint density at radius 3 is 2.72 bits per heavy atom. The number of imidazole rings is 1. The molecule has 1 saturated heterocycles. The third kappa shape index (κ3) is 5.27. The first kappa shape index (κ1) is 23.6. The summed E-state index contributed by atoms with van der Waals surface area (Å²) in [5, 5.41) is 3.21. The number of aromatic nitrogens is 2. The van der Waals surface area contributed by atoms with Crippen molar-refractivity contribution in [3.8, 4) is 5.69 Å². The number of benzene rings is 1. The number of hydrogen-bond acceptors (Lipinski definition) is 4. The second kappa shape index (κ2) is 9.41. The van der Waals surface area contributed by atoms with Crippen LogP contribution in [0.2, 0.25) is 0 Å². The Labute approximate surface area is 188 Å². The molecule has 1 fully saturated rings. The van der Waals surface area contributed by atoms with Gasteiger partial charge in [-0.05, 0) is 38.5 Å². The van der Waals surface area contributed by atoms with Crippen LogP contribution in [-0.4, -0.2) is 59.0 Å². The smallest absolute Gasteiger partial charge is 0.194 e. The van der Waals surface area contributed by atoms with Crippen LogP contribution in [-0.2, 0) is 16.4 Å². The number of guanidine groups is 1. The Hall–Kier alpha value is -1.69. The third-order valence-electron chi connectivity index (χ3n) is 4.88. The third-order valence-corrected chi connectivity index (χ3v) is 7.42. The van der Waals surface area contributed by atoms with Gasteiger partial charge < -0.3 is 14.8 Å². The molecule has 1 aliphatic rings. The highest BCUT2D eigenvalue weighted by molar-refractivity contribution is 14.0. The second-order valence-corrected chi connectivity index (χ2v) is 10.2. The summed E-state index contributed by atoms with van der Waals surface area (Å²) in [6, 6.07) is 4.99. The summed E-state index contributed by atoms with van der Waals surface area (Å²) >= 11 is 0. The zero-order valence-electron chi connectivity index (χ0n) is 16.8. The topological polar surface area (TPSA) is 79.6 Å². The average Bonchev–Trinajstić information content (AvgIpc) is 3.15. The maximum Gasteiger partial charge on any atom is 0.194 e. The molecule has 29 heavy (non-hydrogen) atoms. The van der Waals surface area contributed by atoms with E-state index in [1.54, 1.807) is 43.2 Å². The number of aliphatic imine (C=N–C) groups is 1. The molecular weight excluding hydrogens is 508 g/mol. The largest absolute Gasteiger partial charge is 0.357 e. The summed E-state index contributed by atoms with van der Waals surface area (Å²) in [4.78, 5) is 10.5. The van der Waals surface area contributed by atoms with Crippen molar-refractivity contribution in [1.82, 2.24) is 19.8 Å². The van der Waals surface area contributed by atoms with Crippen molar-refractivity contribution in [1.29, 1.82) is 0 Å². The first-order valence-corrected chi connectivity index (χ1v) is 10.9. The van der Waals surface area contributed by atoms with Crippen molar-refractivity contribution in [3.05, 3.63) is 48.3 Å². The summed E-state index contributed by atoms with van der Waals surface area (Å²) in [6.45, 7) is 7.16. The van der Waals surface area contributed by atoms with Crippen molar-refractivity contribution in [2.45, 2.75) is 32.1 Å². The number of nitrogens with zero attached hydrogens (tertiary/aromatic N) is 4. The Bertz CT molecular complexity index is 961. The minimum atomic E-state index is -3.12. The van der Waals surface area contributed by atoms with Crippen LogP contribution >= 0.6 is 24.0 Å². The monoisotopic (exact) mass is 535 g/mol. The predicted octanol–water partition coefficient (Wildman–Crippen LogP) is 2.60. The fourth-order valence-corrected chi connectivity index (χ4v) is 4.54. The van der Waals surface area contributed by atoms with Gasteiger partial charge in [0.05, 0.1) is 29.1 Å². The Kier molecular flexibility index (Phi) is 7.66. The van der Waals surface area contributed by atoms with Gasteiger partial charge in [-0.3, -0.25) is 0 Å². The fourth-order valence-electron chi connectivity index (χ4n) is 3.18. The average molecular weight is 535 g/mol. The van der Waals surface area contributed by atoms with Crippen molar-refractivity contribution in [3.63, 3.8) is 0 Å². The van der Waals surface area contributed by atoms with E-state index in [1.807, 2.05) is 17.9 Å². The van der Waals surface area contributed by atoms with E-state index >= 15 is 0 Å². The Morgan fingerprint density at radius 2 is 2.14 bits per heavy atom. The van der Waals surface area contributed by atoms with Gasteiger partial charge in [0, 0.05) is 32.0 Å². The molecule has 2 heterocycles. The lowest BCUT2D eigenvalue weighted by Crippen LogP contribution is -2.57. The van der Waals surface area contributed by atoms with Crippen molar-refractivity contribution in [2.75, 3.05) is 25.4 Å². The van der Waals surface area contributed by atoms with Crippen molar-refractivity contribution < 1.29 is 12.8 Å². The number of hydrogen-bond donors (Lipinski definition) is 1. The van der Waals surface area contributed by atoms with E-state index < -0.39 is 14.6 Å². The molecule has 0 radical (unpaired) electrons. The zero-order valence-corrected chi connectivity index (χ0v) is 19.9. The van der Waals surface area contributed by atoms with Gasteiger partial charge in [-0.2, -0.15) is 0 Å². The quantitative estimate of drug-likeness (QED) is 0.370. The molecule has 0 aliphatic carbocycles. The zero-order chi connectivity index (χ0) is 20.4. The van der Waals surface area contributed by atoms with Crippen LogP contribution < -0.4 is 5.32 Å². The van der Waals surface area contributed by atoms with E-state index in [1.165, 1.54) is 6.07 Å². The predicted molar refractivity (Wildman–Crippen MR) is 123 cm³/mol. The van der Waals surface area contributed by atoms with Gasteiger partial charge in [0.15, 0.2) is 15.8 Å². The van der Waals surface area contributed by atoms with Crippen molar-refractivity contribution >= 4 is 39.8 Å². The SMILES string of the molecule is CCNC(=NCc1ccc(-n2ccnc2)c(F)c1)N1CCS(=O)(=O)C(C)(C)C1.I. The molecule has 2 aromatic rings. The summed E-state index contributed by atoms with van der Waals surface area (Å²) in [5.41, 5.74) is 1.17. The summed E-state index contributed by atoms with van der Waals surface area (Å²) in [7, 11) is -3.12. The van der Waals surface area contributed by atoms with Gasteiger partial charge in [0.1, 0.15) is 5.82 Å². The van der Waals surface area contributed by atoms with E-state index in [9.17, 15) is 12.8 Å². The molecule has 0 unspecified atom stereocenters. The lowest BCUT2D eigenvalue weighted by molar-refractivity contribution is 0.353. The fraction of sp³-hybridized carbons (Fsp3) is 0.474. The lowest BCUT2D eigenvalue weighted by Gasteiger charge is -2.39. The Balaban J connectivity index is 0.00000300. The summed E-state index contributed by atoms with van der Waals surface area (Å²) < 4.78 is 39.7. The maximum atomic E-state index is 14.4. The van der Waals surface area contributed by atoms with Gasteiger partial charge in [0.25, 0.3) is 0 Å². The highest BCUT2D eigenvalue weighted by Gasteiger charge is 2.40. The van der Waals surface area contributed by atoms with Crippen LogP contribution in [0.4, 0.5) is 4.39 Å².